The minimum absolute atomic E-state index is 0.00905. The van der Waals surface area contributed by atoms with Crippen LogP contribution in [0.5, 0.6) is 0 Å². The molecule has 9 rings (SSSR count). The van der Waals surface area contributed by atoms with E-state index in [1.165, 1.54) is 95.0 Å². The molecule has 0 aliphatic carbocycles. The highest BCUT2D eigenvalue weighted by molar-refractivity contribution is 7.00. The van der Waals surface area contributed by atoms with E-state index in [4.69, 9.17) is 0 Å². The van der Waals surface area contributed by atoms with Gasteiger partial charge in [0, 0.05) is 34.0 Å². The SMILES string of the molecule is Cc1ccc(N2c3ccc(C)cc3B3c4cc(C(C)(C)C)ccc4N(c4ccccc4-c4ccccc4)c4cc(-c5cccc(C(C)(C)C)c5)cc2c43)cc1. The van der Waals surface area contributed by atoms with Crippen LogP contribution in [0, 0.1) is 13.8 Å². The van der Waals surface area contributed by atoms with Crippen LogP contribution in [0.3, 0.4) is 0 Å². The van der Waals surface area contributed by atoms with Crippen LogP contribution in [0.4, 0.5) is 34.1 Å². The Morgan fingerprint density at radius 3 is 1.71 bits per heavy atom. The predicted molar refractivity (Wildman–Crippen MR) is 238 cm³/mol. The van der Waals surface area contributed by atoms with Crippen LogP contribution in [-0.2, 0) is 10.8 Å². The fraction of sp³-hybridized carbons (Fsp3) is 0.192. The number of anilines is 6. The van der Waals surface area contributed by atoms with Crippen molar-refractivity contribution in [3.8, 4) is 22.3 Å². The van der Waals surface area contributed by atoms with E-state index in [-0.39, 0.29) is 17.5 Å². The van der Waals surface area contributed by atoms with Gasteiger partial charge in [-0.2, -0.15) is 0 Å². The average Bonchev–Trinajstić information content (AvgIpc) is 3.17. The van der Waals surface area contributed by atoms with Crippen LogP contribution in [-0.4, -0.2) is 6.71 Å². The number of nitrogens with zero attached hydrogens (tertiary/aromatic N) is 2. The maximum Gasteiger partial charge on any atom is 0.252 e. The second-order valence-corrected chi connectivity index (χ2v) is 17.7. The number of para-hydroxylation sites is 1. The highest BCUT2D eigenvalue weighted by Gasteiger charge is 2.44. The molecule has 3 heteroatoms. The van der Waals surface area contributed by atoms with Crippen LogP contribution < -0.4 is 26.2 Å². The molecule has 55 heavy (non-hydrogen) atoms. The van der Waals surface area contributed by atoms with Gasteiger partial charge in [-0.1, -0.05) is 162 Å². The molecule has 0 saturated heterocycles. The highest BCUT2D eigenvalue weighted by atomic mass is 15.2. The topological polar surface area (TPSA) is 6.48 Å². The number of rotatable bonds is 4. The maximum atomic E-state index is 2.57. The van der Waals surface area contributed by atoms with E-state index < -0.39 is 0 Å². The molecule has 2 heterocycles. The molecule has 0 spiro atoms. The van der Waals surface area contributed by atoms with Gasteiger partial charge in [0.25, 0.3) is 6.71 Å². The summed E-state index contributed by atoms with van der Waals surface area (Å²) in [5.41, 5.74) is 21.4. The molecule has 0 saturated carbocycles. The maximum absolute atomic E-state index is 2.57. The molecular formula is C52H49BN2. The summed E-state index contributed by atoms with van der Waals surface area (Å²) >= 11 is 0. The summed E-state index contributed by atoms with van der Waals surface area (Å²) in [5.74, 6) is 0. The van der Waals surface area contributed by atoms with Gasteiger partial charge in [-0.15, -0.1) is 0 Å². The van der Waals surface area contributed by atoms with E-state index in [2.05, 4.69) is 217 Å². The second-order valence-electron chi connectivity index (χ2n) is 17.7. The molecule has 2 nitrogen and oxygen atoms in total. The quantitative estimate of drug-likeness (QED) is 0.168. The molecule has 0 aromatic heterocycles. The molecule has 2 aliphatic heterocycles. The van der Waals surface area contributed by atoms with Gasteiger partial charge in [0.15, 0.2) is 0 Å². The Balaban J connectivity index is 1.43. The molecule has 7 aromatic carbocycles. The molecule has 0 unspecified atom stereocenters. The third-order valence-corrected chi connectivity index (χ3v) is 11.7. The van der Waals surface area contributed by atoms with Crippen LogP contribution >= 0.6 is 0 Å². The minimum atomic E-state index is -0.00905. The number of hydrogen-bond acceptors (Lipinski definition) is 2. The first-order valence-electron chi connectivity index (χ1n) is 19.7. The Morgan fingerprint density at radius 1 is 0.400 bits per heavy atom. The zero-order chi connectivity index (χ0) is 38.2. The lowest BCUT2D eigenvalue weighted by Gasteiger charge is -2.45. The predicted octanol–water partition coefficient (Wildman–Crippen LogP) is 12.3. The Kier molecular flexibility index (Phi) is 8.20. The van der Waals surface area contributed by atoms with Crippen molar-refractivity contribution in [3.63, 3.8) is 0 Å². The third kappa shape index (κ3) is 5.98. The lowest BCUT2D eigenvalue weighted by atomic mass is 9.33. The summed E-state index contributed by atoms with van der Waals surface area (Å²) in [6.45, 7) is 18.3. The summed E-state index contributed by atoms with van der Waals surface area (Å²) in [4.78, 5) is 5.10. The number of benzene rings is 7. The number of aryl methyl sites for hydroxylation is 2. The molecule has 0 bridgehead atoms. The normalized spacial score (nSPS) is 13.3. The lowest BCUT2D eigenvalue weighted by Crippen LogP contribution is -2.61. The van der Waals surface area contributed by atoms with Gasteiger partial charge >= 0.3 is 0 Å². The number of hydrogen-bond donors (Lipinski definition) is 0. The molecule has 0 N–H and O–H groups in total. The first kappa shape index (κ1) is 34.9. The van der Waals surface area contributed by atoms with Crippen molar-refractivity contribution in [2.45, 2.75) is 66.2 Å². The van der Waals surface area contributed by atoms with Gasteiger partial charge in [-0.25, -0.2) is 0 Å². The largest absolute Gasteiger partial charge is 0.311 e. The highest BCUT2D eigenvalue weighted by Crippen LogP contribution is 2.48. The van der Waals surface area contributed by atoms with Crippen molar-refractivity contribution in [1.29, 1.82) is 0 Å². The number of fused-ring (bicyclic) bond motifs is 4. The van der Waals surface area contributed by atoms with E-state index in [0.29, 0.717) is 0 Å². The second kappa shape index (κ2) is 12.9. The summed E-state index contributed by atoms with van der Waals surface area (Å²) in [7, 11) is 0. The first-order chi connectivity index (χ1) is 26.4. The van der Waals surface area contributed by atoms with Gasteiger partial charge < -0.3 is 9.80 Å². The smallest absolute Gasteiger partial charge is 0.252 e. The van der Waals surface area contributed by atoms with Crippen molar-refractivity contribution in [3.05, 3.63) is 174 Å². The summed E-state index contributed by atoms with van der Waals surface area (Å²) < 4.78 is 0. The molecule has 0 fully saturated rings. The zero-order valence-corrected chi connectivity index (χ0v) is 33.4. The molecule has 7 aromatic rings. The fourth-order valence-corrected chi connectivity index (χ4v) is 8.69. The standard InChI is InChI=1S/C52H49BN2/c1-34-21-25-41(26-22-34)54-46-27-23-35(2)29-43(46)53-44-33-40(52(6,7)8)24-28-47(44)55(45-20-13-12-19-42(45)36-15-10-9-11-16-36)49-32-38(31-48(54)50(49)53)37-17-14-18-39(30-37)51(3,4)5/h9-33H,1-8H3. The average molecular weight is 713 g/mol. The van der Waals surface area contributed by atoms with Gasteiger partial charge in [0.1, 0.15) is 0 Å². The molecule has 0 radical (unpaired) electrons. The molecular weight excluding hydrogens is 663 g/mol. The molecule has 0 amide bonds. The molecule has 2 aliphatic rings. The van der Waals surface area contributed by atoms with Gasteiger partial charge in [-0.05, 0) is 111 Å². The molecule has 270 valence electrons. The van der Waals surface area contributed by atoms with Gasteiger partial charge in [-0.3, -0.25) is 0 Å². The van der Waals surface area contributed by atoms with Crippen molar-refractivity contribution < 1.29 is 0 Å². The lowest BCUT2D eigenvalue weighted by molar-refractivity contribution is 0.590. The van der Waals surface area contributed by atoms with Crippen molar-refractivity contribution in [2.24, 2.45) is 0 Å². The van der Waals surface area contributed by atoms with Crippen molar-refractivity contribution in [2.75, 3.05) is 9.80 Å². The Hall–Kier alpha value is -5.80. The Bertz CT molecular complexity index is 2590. The van der Waals surface area contributed by atoms with E-state index >= 15 is 0 Å². The van der Waals surface area contributed by atoms with Gasteiger partial charge in [0.2, 0.25) is 0 Å². The summed E-state index contributed by atoms with van der Waals surface area (Å²) in [6, 6.07) is 57.3. The van der Waals surface area contributed by atoms with E-state index in [9.17, 15) is 0 Å². The summed E-state index contributed by atoms with van der Waals surface area (Å²) in [6.07, 6.45) is 0. The van der Waals surface area contributed by atoms with E-state index in [1.54, 1.807) is 0 Å². The van der Waals surface area contributed by atoms with Crippen molar-refractivity contribution >= 4 is 57.2 Å². The molecule has 0 atom stereocenters. The van der Waals surface area contributed by atoms with Crippen LogP contribution in [0.2, 0.25) is 0 Å². The Labute approximate surface area is 328 Å². The zero-order valence-electron chi connectivity index (χ0n) is 33.4. The monoisotopic (exact) mass is 712 g/mol. The third-order valence-electron chi connectivity index (χ3n) is 11.7. The van der Waals surface area contributed by atoms with E-state index in [1.807, 2.05) is 0 Å². The van der Waals surface area contributed by atoms with Crippen molar-refractivity contribution in [1.82, 2.24) is 0 Å². The van der Waals surface area contributed by atoms with Crippen LogP contribution in [0.15, 0.2) is 152 Å². The van der Waals surface area contributed by atoms with E-state index in [0.717, 1.165) is 0 Å². The van der Waals surface area contributed by atoms with Crippen LogP contribution in [0.25, 0.3) is 22.3 Å². The first-order valence-corrected chi connectivity index (χ1v) is 19.7. The van der Waals surface area contributed by atoms with Crippen LogP contribution in [0.1, 0.15) is 63.8 Å². The summed E-state index contributed by atoms with van der Waals surface area (Å²) in [5, 5.41) is 0. The minimum Gasteiger partial charge on any atom is -0.311 e. The van der Waals surface area contributed by atoms with Gasteiger partial charge in [0.05, 0.1) is 5.69 Å². The Morgan fingerprint density at radius 2 is 0.982 bits per heavy atom. The fourth-order valence-electron chi connectivity index (χ4n) is 8.69.